The Kier molecular flexibility index (Phi) is 4.00. The summed E-state index contributed by atoms with van der Waals surface area (Å²) in [5, 5.41) is 0. The van der Waals surface area contributed by atoms with E-state index >= 15 is 0 Å². The number of piperidine rings is 1. The molecule has 0 saturated carbocycles. The molecule has 0 aromatic carbocycles. The van der Waals surface area contributed by atoms with Crippen LogP contribution >= 0.6 is 0 Å². The molecular weight excluding hydrogens is 271 g/mol. The van der Waals surface area contributed by atoms with Gasteiger partial charge in [-0.1, -0.05) is 0 Å². The van der Waals surface area contributed by atoms with E-state index < -0.39 is 15.8 Å². The van der Waals surface area contributed by atoms with E-state index in [4.69, 9.17) is 0 Å². The number of anilines is 1. The lowest BCUT2D eigenvalue weighted by Gasteiger charge is -2.37. The molecule has 1 aromatic rings. The second kappa shape index (κ2) is 5.38. The van der Waals surface area contributed by atoms with E-state index in [-0.39, 0.29) is 11.9 Å². The number of aromatic nitrogens is 2. The summed E-state index contributed by atoms with van der Waals surface area (Å²) in [5.41, 5.74) is 0. The molecule has 106 valence electrons. The van der Waals surface area contributed by atoms with Gasteiger partial charge < -0.3 is 4.90 Å². The molecule has 1 unspecified atom stereocenters. The summed E-state index contributed by atoms with van der Waals surface area (Å²) in [6.07, 6.45) is 5.16. The van der Waals surface area contributed by atoms with E-state index in [9.17, 15) is 12.8 Å². The second-order valence-corrected chi connectivity index (χ2v) is 6.76. The topological polar surface area (TPSA) is 66.4 Å². The van der Waals surface area contributed by atoms with E-state index in [0.717, 1.165) is 19.0 Å². The Balaban J connectivity index is 2.16. The molecule has 0 aliphatic carbocycles. The first kappa shape index (κ1) is 14.1. The summed E-state index contributed by atoms with van der Waals surface area (Å²) in [4.78, 5) is 9.31. The SMILES string of the molecule is CN(C1CCCN(c2ncncc2F)C1)S(C)(=O)=O. The molecule has 8 heteroatoms. The van der Waals surface area contributed by atoms with Crippen molar-refractivity contribution in [3.8, 4) is 0 Å². The van der Waals surface area contributed by atoms with Gasteiger partial charge in [0.15, 0.2) is 11.6 Å². The predicted octanol–water partition coefficient (Wildman–Crippen LogP) is 0.476. The summed E-state index contributed by atoms with van der Waals surface area (Å²) < 4.78 is 38.1. The van der Waals surface area contributed by atoms with Gasteiger partial charge in [-0.05, 0) is 12.8 Å². The lowest BCUT2D eigenvalue weighted by Crippen LogP contribution is -2.48. The van der Waals surface area contributed by atoms with Crippen molar-refractivity contribution in [1.29, 1.82) is 0 Å². The number of hydrogen-bond acceptors (Lipinski definition) is 5. The van der Waals surface area contributed by atoms with Crippen LogP contribution in [0, 0.1) is 5.82 Å². The predicted molar refractivity (Wildman–Crippen MR) is 69.8 cm³/mol. The normalized spacial score (nSPS) is 20.8. The van der Waals surface area contributed by atoms with Gasteiger partial charge in [-0.2, -0.15) is 0 Å². The molecule has 0 N–H and O–H groups in total. The molecular formula is C11H17FN4O2S. The molecule has 1 aromatic heterocycles. The van der Waals surface area contributed by atoms with Crippen molar-refractivity contribution in [2.45, 2.75) is 18.9 Å². The zero-order valence-electron chi connectivity index (χ0n) is 11.0. The van der Waals surface area contributed by atoms with Crippen LogP contribution in [0.25, 0.3) is 0 Å². The third kappa shape index (κ3) is 3.19. The van der Waals surface area contributed by atoms with Gasteiger partial charge in [0.05, 0.1) is 12.5 Å². The highest BCUT2D eigenvalue weighted by Gasteiger charge is 2.29. The molecule has 1 fully saturated rings. The van der Waals surface area contributed by atoms with Crippen molar-refractivity contribution in [1.82, 2.24) is 14.3 Å². The van der Waals surface area contributed by atoms with Gasteiger partial charge in [-0.3, -0.25) is 0 Å². The lowest BCUT2D eigenvalue weighted by atomic mass is 10.1. The third-order valence-corrected chi connectivity index (χ3v) is 4.73. The van der Waals surface area contributed by atoms with Crippen molar-refractivity contribution in [2.24, 2.45) is 0 Å². The molecule has 0 radical (unpaired) electrons. The minimum absolute atomic E-state index is 0.155. The van der Waals surface area contributed by atoms with Crippen LogP contribution in [0.2, 0.25) is 0 Å². The Morgan fingerprint density at radius 2 is 2.26 bits per heavy atom. The maximum atomic E-state index is 13.6. The van der Waals surface area contributed by atoms with Crippen molar-refractivity contribution in [3.05, 3.63) is 18.3 Å². The largest absolute Gasteiger partial charge is 0.352 e. The molecule has 1 aliphatic heterocycles. The van der Waals surface area contributed by atoms with Crippen LogP contribution in [0.1, 0.15) is 12.8 Å². The molecule has 2 rings (SSSR count). The van der Waals surface area contributed by atoms with Crippen LogP contribution in [-0.2, 0) is 10.0 Å². The molecule has 0 amide bonds. The summed E-state index contributed by atoms with van der Waals surface area (Å²) in [7, 11) is -1.68. The number of likely N-dealkylation sites (N-methyl/N-ethyl adjacent to an activating group) is 1. The van der Waals surface area contributed by atoms with Crippen molar-refractivity contribution >= 4 is 15.8 Å². The monoisotopic (exact) mass is 288 g/mol. The maximum absolute atomic E-state index is 13.6. The Labute approximate surface area is 112 Å². The van der Waals surface area contributed by atoms with E-state index in [2.05, 4.69) is 9.97 Å². The van der Waals surface area contributed by atoms with Crippen LogP contribution in [0.5, 0.6) is 0 Å². The third-order valence-electron chi connectivity index (χ3n) is 3.38. The van der Waals surface area contributed by atoms with Crippen LogP contribution < -0.4 is 4.90 Å². The zero-order valence-corrected chi connectivity index (χ0v) is 11.8. The van der Waals surface area contributed by atoms with Crippen molar-refractivity contribution in [3.63, 3.8) is 0 Å². The van der Waals surface area contributed by atoms with Crippen LogP contribution in [0.4, 0.5) is 10.2 Å². The van der Waals surface area contributed by atoms with Gasteiger partial charge in [0.25, 0.3) is 0 Å². The minimum atomic E-state index is -3.24. The highest BCUT2D eigenvalue weighted by molar-refractivity contribution is 7.88. The average Bonchev–Trinajstić information content (AvgIpc) is 2.37. The van der Waals surface area contributed by atoms with Crippen molar-refractivity contribution in [2.75, 3.05) is 31.3 Å². The molecule has 0 bridgehead atoms. The van der Waals surface area contributed by atoms with E-state index in [1.54, 1.807) is 11.9 Å². The Hall–Kier alpha value is -1.28. The molecule has 1 aliphatic rings. The summed E-state index contributed by atoms with van der Waals surface area (Å²) in [6.45, 7) is 1.11. The Morgan fingerprint density at radius 1 is 1.53 bits per heavy atom. The Bertz CT molecular complexity index is 551. The number of rotatable bonds is 3. The molecule has 0 spiro atoms. The fraction of sp³-hybridized carbons (Fsp3) is 0.636. The fourth-order valence-corrected chi connectivity index (χ4v) is 2.97. The van der Waals surface area contributed by atoms with Crippen molar-refractivity contribution < 1.29 is 12.8 Å². The van der Waals surface area contributed by atoms with Gasteiger partial charge in [0.1, 0.15) is 6.33 Å². The second-order valence-electron chi connectivity index (χ2n) is 4.72. The van der Waals surface area contributed by atoms with E-state index in [0.29, 0.717) is 13.1 Å². The fourth-order valence-electron chi connectivity index (χ4n) is 2.25. The maximum Gasteiger partial charge on any atom is 0.211 e. The van der Waals surface area contributed by atoms with Crippen LogP contribution in [0.3, 0.4) is 0 Å². The standard InChI is InChI=1S/C11H17FN4O2S/c1-15(19(2,17)18)9-4-3-5-16(7-9)11-10(12)6-13-8-14-11/h6,8-9H,3-5,7H2,1-2H3. The Morgan fingerprint density at radius 3 is 2.89 bits per heavy atom. The zero-order chi connectivity index (χ0) is 14.0. The highest BCUT2D eigenvalue weighted by Crippen LogP contribution is 2.22. The van der Waals surface area contributed by atoms with Gasteiger partial charge >= 0.3 is 0 Å². The van der Waals surface area contributed by atoms with E-state index in [1.807, 2.05) is 0 Å². The number of halogens is 1. The lowest BCUT2D eigenvalue weighted by molar-refractivity contribution is 0.320. The van der Waals surface area contributed by atoms with Gasteiger partial charge in [-0.15, -0.1) is 0 Å². The molecule has 1 atom stereocenters. The highest BCUT2D eigenvalue weighted by atomic mass is 32.2. The summed E-state index contributed by atoms with van der Waals surface area (Å²) >= 11 is 0. The van der Waals surface area contributed by atoms with Crippen LogP contribution in [-0.4, -0.2) is 55.1 Å². The smallest absolute Gasteiger partial charge is 0.211 e. The van der Waals surface area contributed by atoms with E-state index in [1.165, 1.54) is 16.9 Å². The van der Waals surface area contributed by atoms with Gasteiger partial charge in [0.2, 0.25) is 10.0 Å². The molecule has 19 heavy (non-hydrogen) atoms. The molecule has 2 heterocycles. The minimum Gasteiger partial charge on any atom is -0.352 e. The molecule has 1 saturated heterocycles. The van der Waals surface area contributed by atoms with Gasteiger partial charge in [-0.25, -0.2) is 27.1 Å². The number of sulfonamides is 1. The molecule has 6 nitrogen and oxygen atoms in total. The first-order valence-electron chi connectivity index (χ1n) is 6.03. The summed E-state index contributed by atoms with van der Waals surface area (Å²) in [5.74, 6) is -0.244. The summed E-state index contributed by atoms with van der Waals surface area (Å²) in [6, 6.07) is -0.155. The quantitative estimate of drug-likeness (QED) is 0.809. The van der Waals surface area contributed by atoms with Crippen LogP contribution in [0.15, 0.2) is 12.5 Å². The first-order chi connectivity index (χ1) is 8.89. The number of hydrogen-bond donors (Lipinski definition) is 0. The first-order valence-corrected chi connectivity index (χ1v) is 7.88. The number of nitrogens with zero attached hydrogens (tertiary/aromatic N) is 4. The van der Waals surface area contributed by atoms with Gasteiger partial charge in [0, 0.05) is 26.2 Å². The average molecular weight is 288 g/mol.